The van der Waals surface area contributed by atoms with E-state index >= 15 is 0 Å². The molecule has 2 unspecified atom stereocenters. The van der Waals surface area contributed by atoms with Crippen LogP contribution in [-0.2, 0) is 0 Å². The number of aromatic nitrogens is 2. The van der Waals surface area contributed by atoms with Gasteiger partial charge >= 0.3 is 0 Å². The smallest absolute Gasteiger partial charge is 0.0788 e. The molecule has 7 aromatic carbocycles. The van der Waals surface area contributed by atoms with Gasteiger partial charge in [-0.2, -0.15) is 0 Å². The lowest BCUT2D eigenvalue weighted by molar-refractivity contribution is 0.745. The average molecular weight is 664 g/mol. The van der Waals surface area contributed by atoms with E-state index < -0.39 is 0 Å². The molecule has 0 radical (unpaired) electrons. The standard InChI is InChI=1S/C49H33N3/c1-3-13-33(14-4-1)48-41-29-28-39-37-17-8-12-22-45(37)52(49(39)47(41)40-19-7-10-20-43(40)50-48)36-26-23-32(24-27-36)34-25-30-46-42(31-34)38-18-9-11-21-44(38)51(46)35-15-5-2-6-16-35/h1-31,38,44H. The maximum atomic E-state index is 5.23. The van der Waals surface area contributed by atoms with Crippen molar-refractivity contribution in [2.24, 2.45) is 0 Å². The van der Waals surface area contributed by atoms with Crippen LogP contribution in [0.4, 0.5) is 11.4 Å². The summed E-state index contributed by atoms with van der Waals surface area (Å²) in [6.45, 7) is 0. The first-order valence-corrected chi connectivity index (χ1v) is 18.1. The van der Waals surface area contributed by atoms with E-state index in [-0.39, 0.29) is 6.04 Å². The Morgan fingerprint density at radius 2 is 1.17 bits per heavy atom. The molecule has 0 bridgehead atoms. The number of hydrogen-bond donors (Lipinski definition) is 0. The van der Waals surface area contributed by atoms with E-state index in [1.165, 1.54) is 55.3 Å². The fourth-order valence-corrected chi connectivity index (χ4v) is 8.79. The van der Waals surface area contributed by atoms with Crippen LogP contribution in [0.5, 0.6) is 0 Å². The number of anilines is 2. The van der Waals surface area contributed by atoms with Gasteiger partial charge in [0, 0.05) is 55.5 Å². The molecular formula is C49H33N3. The van der Waals surface area contributed by atoms with Crippen molar-refractivity contribution in [3.05, 3.63) is 194 Å². The van der Waals surface area contributed by atoms with Gasteiger partial charge in [-0.05, 0) is 65.2 Å². The Bertz CT molecular complexity index is 2900. The second-order valence-corrected chi connectivity index (χ2v) is 13.9. The van der Waals surface area contributed by atoms with E-state index in [0.29, 0.717) is 5.92 Å². The second kappa shape index (κ2) is 11.4. The highest BCUT2D eigenvalue weighted by Crippen LogP contribution is 2.49. The van der Waals surface area contributed by atoms with E-state index in [0.717, 1.165) is 33.2 Å². The number of rotatable bonds is 4. The van der Waals surface area contributed by atoms with Crippen LogP contribution in [0.25, 0.3) is 71.6 Å². The number of hydrogen-bond acceptors (Lipinski definition) is 2. The van der Waals surface area contributed by atoms with Gasteiger partial charge in [-0.15, -0.1) is 0 Å². The summed E-state index contributed by atoms with van der Waals surface area (Å²) >= 11 is 0. The third-order valence-electron chi connectivity index (χ3n) is 11.1. The molecular weight excluding hydrogens is 631 g/mol. The maximum absolute atomic E-state index is 5.23. The molecule has 11 rings (SSSR count). The SMILES string of the molecule is C1=CC2c3cc(-c4ccc(-n5c6ccccc6c6ccc7c(-c8ccccc8)nc8ccccc8c7c65)cc4)ccc3N(c3ccccc3)C2C=C1. The third kappa shape index (κ3) is 4.29. The largest absolute Gasteiger partial charge is 0.333 e. The van der Waals surface area contributed by atoms with Gasteiger partial charge in [-0.25, -0.2) is 4.98 Å². The molecule has 0 N–H and O–H groups in total. The molecule has 1 aliphatic heterocycles. The van der Waals surface area contributed by atoms with Gasteiger partial charge in [0.15, 0.2) is 0 Å². The van der Waals surface area contributed by atoms with Gasteiger partial charge in [0.2, 0.25) is 0 Å². The molecule has 2 aromatic heterocycles. The van der Waals surface area contributed by atoms with Crippen LogP contribution in [0.1, 0.15) is 11.5 Å². The molecule has 2 atom stereocenters. The fourth-order valence-electron chi connectivity index (χ4n) is 8.79. The quantitative estimate of drug-likeness (QED) is 0.175. The van der Waals surface area contributed by atoms with Crippen LogP contribution < -0.4 is 4.90 Å². The highest BCUT2D eigenvalue weighted by Gasteiger charge is 2.37. The van der Waals surface area contributed by atoms with Crippen molar-refractivity contribution in [2.45, 2.75) is 12.0 Å². The number of benzene rings is 7. The van der Waals surface area contributed by atoms with E-state index in [1.54, 1.807) is 0 Å². The van der Waals surface area contributed by atoms with Crippen molar-refractivity contribution >= 4 is 54.9 Å². The average Bonchev–Trinajstić information content (AvgIpc) is 3.74. The predicted octanol–water partition coefficient (Wildman–Crippen LogP) is 12.5. The minimum atomic E-state index is 0.277. The summed E-state index contributed by atoms with van der Waals surface area (Å²) in [5.41, 5.74) is 13.0. The molecule has 2 aliphatic rings. The Kier molecular flexibility index (Phi) is 6.38. The first-order chi connectivity index (χ1) is 25.8. The summed E-state index contributed by atoms with van der Waals surface area (Å²) in [7, 11) is 0. The Morgan fingerprint density at radius 3 is 2.02 bits per heavy atom. The van der Waals surface area contributed by atoms with Crippen molar-refractivity contribution < 1.29 is 0 Å². The number of pyridine rings is 1. The van der Waals surface area contributed by atoms with E-state index in [4.69, 9.17) is 4.98 Å². The summed E-state index contributed by atoms with van der Waals surface area (Å²) in [5, 5.41) is 6.04. The van der Waals surface area contributed by atoms with Gasteiger partial charge in [-0.1, -0.05) is 140 Å². The Balaban J connectivity index is 1.09. The zero-order valence-corrected chi connectivity index (χ0v) is 28.4. The van der Waals surface area contributed by atoms with Crippen molar-refractivity contribution in [1.82, 2.24) is 9.55 Å². The Hall–Kier alpha value is -6.71. The van der Waals surface area contributed by atoms with E-state index in [2.05, 4.69) is 198 Å². The highest BCUT2D eigenvalue weighted by atomic mass is 15.2. The first kappa shape index (κ1) is 29.1. The van der Waals surface area contributed by atoms with Crippen LogP contribution in [0.15, 0.2) is 188 Å². The van der Waals surface area contributed by atoms with Gasteiger partial charge in [0.05, 0.1) is 28.3 Å². The number of allylic oxidation sites excluding steroid dienone is 2. The van der Waals surface area contributed by atoms with Gasteiger partial charge in [0.1, 0.15) is 0 Å². The fraction of sp³-hybridized carbons (Fsp3) is 0.0408. The zero-order chi connectivity index (χ0) is 34.2. The molecule has 0 saturated carbocycles. The molecule has 0 spiro atoms. The Morgan fingerprint density at radius 1 is 0.481 bits per heavy atom. The van der Waals surface area contributed by atoms with Gasteiger partial charge in [0.25, 0.3) is 0 Å². The zero-order valence-electron chi connectivity index (χ0n) is 28.4. The summed E-state index contributed by atoms with van der Waals surface area (Å²) in [4.78, 5) is 7.72. The van der Waals surface area contributed by atoms with E-state index in [1.807, 2.05) is 0 Å². The molecule has 0 amide bonds. The second-order valence-electron chi connectivity index (χ2n) is 13.9. The van der Waals surface area contributed by atoms with Crippen molar-refractivity contribution in [3.63, 3.8) is 0 Å². The van der Waals surface area contributed by atoms with E-state index in [9.17, 15) is 0 Å². The molecule has 9 aromatic rings. The summed E-state index contributed by atoms with van der Waals surface area (Å²) < 4.78 is 2.46. The number of para-hydroxylation sites is 3. The van der Waals surface area contributed by atoms with Crippen LogP contribution in [0.3, 0.4) is 0 Å². The lowest BCUT2D eigenvalue weighted by Gasteiger charge is -2.28. The van der Waals surface area contributed by atoms with Crippen molar-refractivity contribution in [2.75, 3.05) is 4.90 Å². The molecule has 3 heteroatoms. The molecule has 3 nitrogen and oxygen atoms in total. The molecule has 3 heterocycles. The minimum absolute atomic E-state index is 0.277. The first-order valence-electron chi connectivity index (χ1n) is 18.1. The number of nitrogens with zero attached hydrogens (tertiary/aromatic N) is 3. The molecule has 52 heavy (non-hydrogen) atoms. The third-order valence-corrected chi connectivity index (χ3v) is 11.1. The predicted molar refractivity (Wildman–Crippen MR) is 218 cm³/mol. The maximum Gasteiger partial charge on any atom is 0.0788 e. The summed E-state index contributed by atoms with van der Waals surface area (Å²) in [6.07, 6.45) is 9.07. The van der Waals surface area contributed by atoms with Crippen molar-refractivity contribution in [1.29, 1.82) is 0 Å². The highest BCUT2D eigenvalue weighted by molar-refractivity contribution is 6.26. The lowest BCUT2D eigenvalue weighted by atomic mass is 9.90. The topological polar surface area (TPSA) is 21.1 Å². The van der Waals surface area contributed by atoms with Crippen LogP contribution in [-0.4, -0.2) is 15.6 Å². The van der Waals surface area contributed by atoms with Crippen LogP contribution >= 0.6 is 0 Å². The Labute approximate surface area is 302 Å². The lowest BCUT2D eigenvalue weighted by Crippen LogP contribution is -2.28. The van der Waals surface area contributed by atoms with Gasteiger partial charge < -0.3 is 9.47 Å². The van der Waals surface area contributed by atoms with Crippen molar-refractivity contribution in [3.8, 4) is 28.1 Å². The molecule has 1 aliphatic carbocycles. The molecule has 244 valence electrons. The monoisotopic (exact) mass is 663 g/mol. The minimum Gasteiger partial charge on any atom is -0.333 e. The van der Waals surface area contributed by atoms with Crippen LogP contribution in [0, 0.1) is 0 Å². The normalized spacial score (nSPS) is 16.3. The summed E-state index contributed by atoms with van der Waals surface area (Å²) in [6, 6.07) is 59.7. The molecule has 0 saturated heterocycles. The summed E-state index contributed by atoms with van der Waals surface area (Å²) in [5.74, 6) is 0.315. The molecule has 0 fully saturated rings. The van der Waals surface area contributed by atoms with Crippen LogP contribution in [0.2, 0.25) is 0 Å². The van der Waals surface area contributed by atoms with Gasteiger partial charge in [-0.3, -0.25) is 0 Å². The number of fused-ring (bicyclic) bond motifs is 10.